The Morgan fingerprint density at radius 1 is 1.50 bits per heavy atom. The Morgan fingerprint density at radius 3 is 1.90 bits per heavy atom. The summed E-state index contributed by atoms with van der Waals surface area (Å²) in [6.07, 6.45) is 0.471. The molecule has 0 aromatic rings. The molecule has 0 aromatic heterocycles. The first-order valence-corrected chi connectivity index (χ1v) is 4.83. The molecule has 1 fully saturated rings. The smallest absolute Gasteiger partial charge is 0.264 e. The zero-order chi connectivity index (χ0) is 8.04. The lowest BCUT2D eigenvalue weighted by atomic mass is 10.6. The predicted octanol–water partition coefficient (Wildman–Crippen LogP) is -0.126. The summed E-state index contributed by atoms with van der Waals surface area (Å²) < 4.78 is 27.6. The van der Waals surface area contributed by atoms with Crippen LogP contribution in [0.5, 0.6) is 0 Å². The minimum absolute atomic E-state index is 0.132. The Kier molecular flexibility index (Phi) is 4.59. The van der Waals surface area contributed by atoms with Gasteiger partial charge in [-0.1, -0.05) is 6.92 Å². The van der Waals surface area contributed by atoms with Crippen LogP contribution in [0.4, 0.5) is 0 Å². The Morgan fingerprint density at radius 2 is 1.90 bits per heavy atom. The first-order chi connectivity index (χ1) is 4.56. The molecule has 1 aliphatic rings. The highest BCUT2D eigenvalue weighted by molar-refractivity contribution is 7.85. The van der Waals surface area contributed by atoms with Crippen molar-refractivity contribution >= 4 is 10.1 Å². The van der Waals surface area contributed by atoms with E-state index in [0.29, 0.717) is 6.42 Å². The van der Waals surface area contributed by atoms with Crippen LogP contribution in [0.2, 0.25) is 0 Å². The van der Waals surface area contributed by atoms with E-state index in [9.17, 15) is 8.42 Å². The normalized spacial score (nSPS) is 15.4. The maximum atomic E-state index is 9.79. The molecule has 0 atom stereocenters. The molecule has 1 aliphatic heterocycles. The predicted molar refractivity (Wildman–Crippen MR) is 39.6 cm³/mol. The molecule has 0 spiro atoms. The van der Waals surface area contributed by atoms with Gasteiger partial charge in [-0.25, -0.2) is 0 Å². The fourth-order valence-corrected chi connectivity index (χ4v) is 0.774. The summed E-state index contributed by atoms with van der Waals surface area (Å²) in [5.74, 6) is -0.132. The van der Waals surface area contributed by atoms with Crippen molar-refractivity contribution in [2.75, 3.05) is 18.8 Å². The second-order valence-corrected chi connectivity index (χ2v) is 3.61. The first kappa shape index (κ1) is 9.87. The summed E-state index contributed by atoms with van der Waals surface area (Å²) in [6, 6.07) is 0. The van der Waals surface area contributed by atoms with Crippen LogP contribution >= 0.6 is 0 Å². The van der Waals surface area contributed by atoms with Crippen LogP contribution in [0.25, 0.3) is 0 Å². The molecule has 10 heavy (non-hydrogen) atoms. The van der Waals surface area contributed by atoms with E-state index in [1.807, 2.05) is 0 Å². The maximum Gasteiger partial charge on any atom is 0.264 e. The van der Waals surface area contributed by atoms with E-state index in [2.05, 4.69) is 5.32 Å². The first-order valence-electron chi connectivity index (χ1n) is 3.22. The van der Waals surface area contributed by atoms with Crippen molar-refractivity contribution in [1.82, 2.24) is 5.32 Å². The SMILES string of the molecule is C1CN1.CCCS(=O)(=O)O. The molecule has 1 rings (SSSR count). The van der Waals surface area contributed by atoms with Crippen molar-refractivity contribution in [3.05, 3.63) is 0 Å². The topological polar surface area (TPSA) is 76.3 Å². The van der Waals surface area contributed by atoms with Crippen LogP contribution in [0.1, 0.15) is 13.3 Å². The average Bonchev–Trinajstić information content (AvgIpc) is 2.40. The average molecular weight is 167 g/mol. The van der Waals surface area contributed by atoms with Crippen LogP contribution in [-0.4, -0.2) is 31.8 Å². The summed E-state index contributed by atoms with van der Waals surface area (Å²) in [4.78, 5) is 0. The molecular formula is C5H13NO3S. The zero-order valence-corrected chi connectivity index (χ0v) is 6.82. The van der Waals surface area contributed by atoms with Crippen LogP contribution in [0.3, 0.4) is 0 Å². The third-order valence-corrected chi connectivity index (χ3v) is 1.64. The Hall–Kier alpha value is -0.130. The van der Waals surface area contributed by atoms with Crippen molar-refractivity contribution in [1.29, 1.82) is 0 Å². The van der Waals surface area contributed by atoms with E-state index in [4.69, 9.17) is 4.55 Å². The van der Waals surface area contributed by atoms with Gasteiger partial charge in [-0.05, 0) is 6.42 Å². The lowest BCUT2D eigenvalue weighted by molar-refractivity contribution is 0.482. The van der Waals surface area contributed by atoms with Gasteiger partial charge in [0.15, 0.2) is 0 Å². The van der Waals surface area contributed by atoms with Gasteiger partial charge in [0.05, 0.1) is 5.75 Å². The van der Waals surface area contributed by atoms with Gasteiger partial charge in [0.25, 0.3) is 10.1 Å². The third-order valence-electron chi connectivity index (χ3n) is 0.712. The summed E-state index contributed by atoms with van der Waals surface area (Å²) in [5, 5.41) is 3.00. The molecule has 1 heterocycles. The number of rotatable bonds is 2. The molecule has 0 radical (unpaired) electrons. The Labute approximate surface area is 61.4 Å². The second kappa shape index (κ2) is 4.65. The van der Waals surface area contributed by atoms with Gasteiger partial charge in [-0.3, -0.25) is 4.55 Å². The van der Waals surface area contributed by atoms with Crippen LogP contribution < -0.4 is 5.32 Å². The number of hydrogen-bond donors (Lipinski definition) is 2. The van der Waals surface area contributed by atoms with Crippen LogP contribution in [0.15, 0.2) is 0 Å². The van der Waals surface area contributed by atoms with Gasteiger partial charge in [-0.2, -0.15) is 8.42 Å². The number of nitrogens with one attached hydrogen (secondary N) is 1. The van der Waals surface area contributed by atoms with E-state index < -0.39 is 10.1 Å². The molecule has 5 heteroatoms. The highest BCUT2D eigenvalue weighted by Gasteiger charge is 1.98. The molecule has 0 amide bonds. The van der Waals surface area contributed by atoms with Gasteiger partial charge >= 0.3 is 0 Å². The largest absolute Gasteiger partial charge is 0.314 e. The molecule has 0 saturated carbocycles. The fourth-order valence-electron chi connectivity index (χ4n) is 0.258. The molecule has 62 valence electrons. The van der Waals surface area contributed by atoms with Gasteiger partial charge in [0.2, 0.25) is 0 Å². The monoisotopic (exact) mass is 167 g/mol. The summed E-state index contributed by atoms with van der Waals surface area (Å²) in [6.45, 7) is 4.19. The standard InChI is InChI=1S/C3H8O3S.C2H5N/c1-2-3-7(4,5)6;1-2-3-1/h2-3H2,1H3,(H,4,5,6);3H,1-2H2. The highest BCUT2D eigenvalue weighted by Crippen LogP contribution is 1.83. The Balaban J connectivity index is 0.000000219. The molecule has 2 N–H and O–H groups in total. The lowest BCUT2D eigenvalue weighted by Gasteiger charge is -1.85. The molecular weight excluding hydrogens is 154 g/mol. The zero-order valence-electron chi connectivity index (χ0n) is 6.00. The molecule has 0 bridgehead atoms. The van der Waals surface area contributed by atoms with E-state index in [1.54, 1.807) is 6.92 Å². The fraction of sp³-hybridized carbons (Fsp3) is 1.00. The van der Waals surface area contributed by atoms with Crippen molar-refractivity contribution in [2.45, 2.75) is 13.3 Å². The van der Waals surface area contributed by atoms with Crippen molar-refractivity contribution in [3.8, 4) is 0 Å². The molecule has 0 aromatic carbocycles. The molecule has 0 unspecified atom stereocenters. The van der Waals surface area contributed by atoms with Gasteiger partial charge < -0.3 is 5.32 Å². The minimum Gasteiger partial charge on any atom is -0.314 e. The van der Waals surface area contributed by atoms with E-state index in [-0.39, 0.29) is 5.75 Å². The van der Waals surface area contributed by atoms with E-state index in [0.717, 1.165) is 0 Å². The van der Waals surface area contributed by atoms with E-state index in [1.165, 1.54) is 13.1 Å². The van der Waals surface area contributed by atoms with Gasteiger partial charge in [0.1, 0.15) is 0 Å². The van der Waals surface area contributed by atoms with Gasteiger partial charge in [0, 0.05) is 13.1 Å². The van der Waals surface area contributed by atoms with Crippen LogP contribution in [0, 0.1) is 0 Å². The van der Waals surface area contributed by atoms with E-state index >= 15 is 0 Å². The second-order valence-electron chi connectivity index (χ2n) is 2.04. The van der Waals surface area contributed by atoms with Gasteiger partial charge in [-0.15, -0.1) is 0 Å². The van der Waals surface area contributed by atoms with Crippen molar-refractivity contribution in [2.24, 2.45) is 0 Å². The minimum atomic E-state index is -3.67. The molecule has 4 nitrogen and oxygen atoms in total. The van der Waals surface area contributed by atoms with Crippen molar-refractivity contribution in [3.63, 3.8) is 0 Å². The maximum absolute atomic E-state index is 9.79. The molecule has 0 aliphatic carbocycles. The van der Waals surface area contributed by atoms with Crippen molar-refractivity contribution < 1.29 is 13.0 Å². The Bertz CT molecular complexity index is 159. The van der Waals surface area contributed by atoms with Crippen LogP contribution in [-0.2, 0) is 10.1 Å². The quantitative estimate of drug-likeness (QED) is 0.444. The number of hydrogen-bond acceptors (Lipinski definition) is 3. The third kappa shape index (κ3) is 15.7. The molecule has 1 saturated heterocycles. The highest BCUT2D eigenvalue weighted by atomic mass is 32.2. The summed E-state index contributed by atoms with van der Waals surface area (Å²) in [5.41, 5.74) is 0. The summed E-state index contributed by atoms with van der Waals surface area (Å²) >= 11 is 0. The lowest BCUT2D eigenvalue weighted by Crippen LogP contribution is -2.01. The summed E-state index contributed by atoms with van der Waals surface area (Å²) in [7, 11) is -3.67.